The molecule has 2 saturated carbocycles. The monoisotopic (exact) mass is 246 g/mol. The number of rotatable bonds is 0. The summed E-state index contributed by atoms with van der Waals surface area (Å²) >= 11 is 23.8. The fourth-order valence-corrected chi connectivity index (χ4v) is 4.43. The van der Waals surface area contributed by atoms with Gasteiger partial charge in [-0.25, -0.2) is 0 Å². The Hall–Kier alpha value is 1.16. The first-order chi connectivity index (χ1) is 5.50. The topological polar surface area (TPSA) is 0 Å². The molecule has 0 aromatic carbocycles. The van der Waals surface area contributed by atoms with Crippen LogP contribution in [0.25, 0.3) is 0 Å². The van der Waals surface area contributed by atoms with Crippen molar-refractivity contribution in [2.45, 2.75) is 28.4 Å². The predicted octanol–water partition coefficient (Wildman–Crippen LogP) is 4.01. The van der Waals surface area contributed by atoms with Gasteiger partial charge in [0.05, 0.1) is 0 Å². The Morgan fingerprint density at radius 1 is 1.00 bits per heavy atom. The second-order valence-corrected chi connectivity index (χ2v) is 6.72. The van der Waals surface area contributed by atoms with Crippen molar-refractivity contribution in [1.29, 1.82) is 0 Å². The minimum absolute atomic E-state index is 0.0721. The van der Waals surface area contributed by atoms with Crippen LogP contribution < -0.4 is 0 Å². The van der Waals surface area contributed by atoms with E-state index in [1.807, 2.05) is 0 Å². The fraction of sp³-hybridized carbons (Fsp3) is 1.00. The second-order valence-electron chi connectivity index (χ2n) is 3.85. The first-order valence-corrected chi connectivity index (χ1v) is 5.78. The Morgan fingerprint density at radius 2 is 1.58 bits per heavy atom. The van der Waals surface area contributed by atoms with Crippen molar-refractivity contribution in [2.75, 3.05) is 0 Å². The van der Waals surface area contributed by atoms with Crippen LogP contribution >= 0.6 is 46.4 Å². The van der Waals surface area contributed by atoms with Crippen LogP contribution in [0.1, 0.15) is 19.3 Å². The molecular formula is C8H10Cl4. The Balaban J connectivity index is 2.17. The standard InChI is InChI=1S/C8H10Cl4/c9-7-5-2-1-4(3-5)6(7)8(10,11)12/h4-7H,1-3H2/t4-,5-,6?,7?/m0/s1. The molecule has 0 aromatic heterocycles. The van der Waals surface area contributed by atoms with Crippen molar-refractivity contribution in [3.8, 4) is 0 Å². The Morgan fingerprint density at radius 3 is 1.92 bits per heavy atom. The van der Waals surface area contributed by atoms with Crippen molar-refractivity contribution in [3.05, 3.63) is 0 Å². The van der Waals surface area contributed by atoms with Crippen LogP contribution in [0.2, 0.25) is 0 Å². The third-order valence-corrected chi connectivity index (χ3v) is 4.58. The average Bonchev–Trinajstić information content (AvgIpc) is 2.42. The summed E-state index contributed by atoms with van der Waals surface area (Å²) in [7, 11) is 0. The van der Waals surface area contributed by atoms with E-state index in [2.05, 4.69) is 0 Å². The van der Waals surface area contributed by atoms with Gasteiger partial charge in [0.1, 0.15) is 0 Å². The van der Waals surface area contributed by atoms with E-state index >= 15 is 0 Å². The van der Waals surface area contributed by atoms with E-state index in [9.17, 15) is 0 Å². The molecule has 12 heavy (non-hydrogen) atoms. The van der Waals surface area contributed by atoms with Crippen molar-refractivity contribution in [2.24, 2.45) is 17.8 Å². The molecule has 4 heteroatoms. The average molecular weight is 248 g/mol. The lowest BCUT2D eigenvalue weighted by molar-refractivity contribution is 0.344. The highest BCUT2D eigenvalue weighted by Gasteiger charge is 2.54. The molecule has 0 nitrogen and oxygen atoms in total. The fourth-order valence-electron chi connectivity index (χ4n) is 2.67. The van der Waals surface area contributed by atoms with Crippen LogP contribution in [-0.2, 0) is 0 Å². The van der Waals surface area contributed by atoms with Gasteiger partial charge in [0.2, 0.25) is 0 Å². The van der Waals surface area contributed by atoms with Gasteiger partial charge in [-0.1, -0.05) is 34.8 Å². The van der Waals surface area contributed by atoms with Gasteiger partial charge in [-0.3, -0.25) is 0 Å². The summed E-state index contributed by atoms with van der Waals surface area (Å²) in [5, 5.41) is 0.0799. The lowest BCUT2D eigenvalue weighted by Gasteiger charge is -2.31. The van der Waals surface area contributed by atoms with E-state index < -0.39 is 3.79 Å². The zero-order valence-corrected chi connectivity index (χ0v) is 9.47. The first-order valence-electron chi connectivity index (χ1n) is 4.21. The lowest BCUT2D eigenvalue weighted by Crippen LogP contribution is -2.33. The predicted molar refractivity (Wildman–Crippen MR) is 54.3 cm³/mol. The second kappa shape index (κ2) is 3.08. The molecule has 0 heterocycles. The van der Waals surface area contributed by atoms with E-state index in [0.29, 0.717) is 11.8 Å². The number of hydrogen-bond donors (Lipinski definition) is 0. The highest BCUT2D eigenvalue weighted by molar-refractivity contribution is 6.68. The lowest BCUT2D eigenvalue weighted by atomic mass is 9.89. The SMILES string of the molecule is ClC1C(C(Cl)(Cl)Cl)[C@H]2CC[C@H]1C2. The molecule has 0 aromatic rings. The summed E-state index contributed by atoms with van der Waals surface area (Å²) in [6, 6.07) is 0. The number of alkyl halides is 4. The molecule has 2 aliphatic rings. The Bertz CT molecular complexity index is 184. The van der Waals surface area contributed by atoms with Crippen LogP contribution in [0.5, 0.6) is 0 Å². The van der Waals surface area contributed by atoms with Gasteiger partial charge in [-0.15, -0.1) is 11.6 Å². The summed E-state index contributed by atoms with van der Waals surface area (Å²) < 4.78 is -1.16. The summed E-state index contributed by atoms with van der Waals surface area (Å²) in [5.41, 5.74) is 0. The molecule has 4 atom stereocenters. The minimum atomic E-state index is -1.16. The van der Waals surface area contributed by atoms with E-state index in [4.69, 9.17) is 46.4 Å². The summed E-state index contributed by atoms with van der Waals surface area (Å²) in [6.07, 6.45) is 3.56. The Kier molecular flexibility index (Phi) is 2.49. The van der Waals surface area contributed by atoms with Crippen LogP contribution in [0.15, 0.2) is 0 Å². The molecule has 0 saturated heterocycles. The highest BCUT2D eigenvalue weighted by Crippen LogP contribution is 2.58. The van der Waals surface area contributed by atoms with Gasteiger partial charge in [-0.2, -0.15) is 0 Å². The maximum atomic E-state index is 6.21. The van der Waals surface area contributed by atoms with Crippen LogP contribution in [0.4, 0.5) is 0 Å². The van der Waals surface area contributed by atoms with Gasteiger partial charge in [0, 0.05) is 11.3 Å². The molecule has 0 spiro atoms. The third-order valence-electron chi connectivity index (χ3n) is 3.19. The molecule has 2 rings (SSSR count). The van der Waals surface area contributed by atoms with Gasteiger partial charge in [-0.05, 0) is 31.1 Å². The van der Waals surface area contributed by atoms with Crippen molar-refractivity contribution >= 4 is 46.4 Å². The minimum Gasteiger partial charge on any atom is -0.122 e. The quantitative estimate of drug-likeness (QED) is 0.568. The molecule has 2 aliphatic carbocycles. The largest absolute Gasteiger partial charge is 0.195 e. The van der Waals surface area contributed by atoms with Gasteiger partial charge < -0.3 is 0 Å². The van der Waals surface area contributed by atoms with E-state index in [-0.39, 0.29) is 11.3 Å². The zero-order valence-electron chi connectivity index (χ0n) is 6.44. The van der Waals surface area contributed by atoms with Crippen LogP contribution in [-0.4, -0.2) is 9.17 Å². The smallest absolute Gasteiger partial charge is 0.122 e. The summed E-state index contributed by atoms with van der Waals surface area (Å²) in [5.74, 6) is 1.21. The molecule has 70 valence electrons. The van der Waals surface area contributed by atoms with E-state index in [1.165, 1.54) is 12.8 Å². The molecule has 0 radical (unpaired) electrons. The van der Waals surface area contributed by atoms with Crippen LogP contribution in [0, 0.1) is 17.8 Å². The molecule has 2 unspecified atom stereocenters. The van der Waals surface area contributed by atoms with Crippen LogP contribution in [0.3, 0.4) is 0 Å². The number of fused-ring (bicyclic) bond motifs is 2. The summed E-state index contributed by atoms with van der Waals surface area (Å²) in [6.45, 7) is 0. The zero-order chi connectivity index (χ0) is 8.93. The van der Waals surface area contributed by atoms with E-state index in [0.717, 1.165) is 6.42 Å². The highest BCUT2D eigenvalue weighted by atomic mass is 35.6. The third kappa shape index (κ3) is 1.45. The van der Waals surface area contributed by atoms with Gasteiger partial charge >= 0.3 is 0 Å². The first kappa shape index (κ1) is 9.71. The summed E-state index contributed by atoms with van der Waals surface area (Å²) in [4.78, 5) is 0. The molecule has 0 amide bonds. The van der Waals surface area contributed by atoms with Crippen molar-refractivity contribution in [1.82, 2.24) is 0 Å². The van der Waals surface area contributed by atoms with Crippen molar-refractivity contribution < 1.29 is 0 Å². The number of halogens is 4. The van der Waals surface area contributed by atoms with Gasteiger partial charge in [0.15, 0.2) is 3.79 Å². The maximum Gasteiger partial charge on any atom is 0.195 e. The van der Waals surface area contributed by atoms with E-state index in [1.54, 1.807) is 0 Å². The van der Waals surface area contributed by atoms with Gasteiger partial charge in [0.25, 0.3) is 0 Å². The molecule has 0 N–H and O–H groups in total. The number of hydrogen-bond acceptors (Lipinski definition) is 0. The molecule has 2 fully saturated rings. The molecule has 0 aliphatic heterocycles. The normalized spacial score (nSPS) is 47.0. The van der Waals surface area contributed by atoms with Crippen molar-refractivity contribution in [3.63, 3.8) is 0 Å². The molecular weight excluding hydrogens is 238 g/mol. The Labute approximate surface area is 92.5 Å². The molecule has 2 bridgehead atoms. The maximum absolute atomic E-state index is 6.21.